The van der Waals surface area contributed by atoms with E-state index in [1.807, 2.05) is 36.4 Å². The lowest BCUT2D eigenvalue weighted by Crippen LogP contribution is -2.08. The molecule has 2 N–H and O–H groups in total. The summed E-state index contributed by atoms with van der Waals surface area (Å²) in [6.07, 6.45) is 0.417. The quantitative estimate of drug-likeness (QED) is 0.646. The lowest BCUT2D eigenvalue weighted by molar-refractivity contribution is 0.217. The summed E-state index contributed by atoms with van der Waals surface area (Å²) in [5, 5.41) is 8.58. The Labute approximate surface area is 118 Å². The molecule has 2 aromatic rings. The van der Waals surface area contributed by atoms with Crippen LogP contribution in [-0.2, 0) is 6.42 Å². The smallest absolute Gasteiger partial charge is 0.122 e. The van der Waals surface area contributed by atoms with Gasteiger partial charge in [0.2, 0.25) is 0 Å². The van der Waals surface area contributed by atoms with Crippen molar-refractivity contribution in [2.75, 3.05) is 18.9 Å². The van der Waals surface area contributed by atoms with E-state index in [2.05, 4.69) is 6.07 Å². The number of nitrogen functional groups attached to an aromatic ring is 1. The van der Waals surface area contributed by atoms with Crippen LogP contribution in [0.5, 0.6) is 11.5 Å². The molecule has 0 saturated heterocycles. The van der Waals surface area contributed by atoms with Crippen molar-refractivity contribution in [3.63, 3.8) is 0 Å². The number of nitriles is 1. The summed E-state index contributed by atoms with van der Waals surface area (Å²) in [4.78, 5) is 0. The Morgan fingerprint density at radius 1 is 0.850 bits per heavy atom. The van der Waals surface area contributed by atoms with Crippen LogP contribution in [0.1, 0.15) is 5.56 Å². The van der Waals surface area contributed by atoms with E-state index in [-0.39, 0.29) is 0 Å². The molecule has 4 nitrogen and oxygen atoms in total. The summed E-state index contributed by atoms with van der Waals surface area (Å²) in [5.74, 6) is 1.54. The van der Waals surface area contributed by atoms with Gasteiger partial charge < -0.3 is 15.2 Å². The van der Waals surface area contributed by atoms with Crippen molar-refractivity contribution in [3.8, 4) is 17.6 Å². The number of benzene rings is 2. The molecule has 2 rings (SSSR count). The third-order valence-corrected chi connectivity index (χ3v) is 2.71. The standard InChI is InChI=1S/C16H16N2O2/c17-10-9-13-1-5-15(6-2-13)19-11-12-20-16-7-3-14(18)4-8-16/h1-8H,9,11-12,18H2. The van der Waals surface area contributed by atoms with Gasteiger partial charge >= 0.3 is 0 Å². The van der Waals surface area contributed by atoms with E-state index in [0.29, 0.717) is 25.3 Å². The maximum Gasteiger partial charge on any atom is 0.122 e. The molecule has 20 heavy (non-hydrogen) atoms. The first-order valence-electron chi connectivity index (χ1n) is 6.35. The van der Waals surface area contributed by atoms with Crippen LogP contribution >= 0.6 is 0 Å². The molecule has 2 aromatic carbocycles. The Kier molecular flexibility index (Phi) is 4.85. The number of rotatable bonds is 6. The topological polar surface area (TPSA) is 68.3 Å². The predicted molar refractivity (Wildman–Crippen MR) is 77.6 cm³/mol. The van der Waals surface area contributed by atoms with Crippen molar-refractivity contribution in [1.29, 1.82) is 5.26 Å². The molecule has 0 unspecified atom stereocenters. The average molecular weight is 268 g/mol. The first-order chi connectivity index (χ1) is 9.78. The minimum atomic E-state index is 0.417. The van der Waals surface area contributed by atoms with Gasteiger partial charge in [-0.15, -0.1) is 0 Å². The second-order valence-corrected chi connectivity index (χ2v) is 4.24. The molecule has 0 spiro atoms. The summed E-state index contributed by atoms with van der Waals surface area (Å²) in [5.41, 5.74) is 7.29. The lowest BCUT2D eigenvalue weighted by atomic mass is 10.2. The lowest BCUT2D eigenvalue weighted by Gasteiger charge is -2.08. The van der Waals surface area contributed by atoms with Gasteiger partial charge in [-0.1, -0.05) is 12.1 Å². The van der Waals surface area contributed by atoms with Crippen LogP contribution in [0.4, 0.5) is 5.69 Å². The van der Waals surface area contributed by atoms with Crippen LogP contribution in [0.25, 0.3) is 0 Å². The normalized spacial score (nSPS) is 9.75. The molecule has 0 radical (unpaired) electrons. The van der Waals surface area contributed by atoms with E-state index >= 15 is 0 Å². The second-order valence-electron chi connectivity index (χ2n) is 4.24. The van der Waals surface area contributed by atoms with Crippen molar-refractivity contribution in [3.05, 3.63) is 54.1 Å². The first-order valence-corrected chi connectivity index (χ1v) is 6.35. The van der Waals surface area contributed by atoms with Crippen LogP contribution in [-0.4, -0.2) is 13.2 Å². The van der Waals surface area contributed by atoms with Gasteiger partial charge in [-0.25, -0.2) is 0 Å². The number of ether oxygens (including phenoxy) is 2. The molecule has 0 heterocycles. The highest BCUT2D eigenvalue weighted by Crippen LogP contribution is 2.14. The highest BCUT2D eigenvalue weighted by Gasteiger charge is 1.97. The molecule has 4 heteroatoms. The van der Waals surface area contributed by atoms with Crippen molar-refractivity contribution in [2.24, 2.45) is 0 Å². The maximum atomic E-state index is 8.58. The largest absolute Gasteiger partial charge is 0.490 e. The van der Waals surface area contributed by atoms with Gasteiger partial charge in [0, 0.05) is 5.69 Å². The van der Waals surface area contributed by atoms with E-state index in [0.717, 1.165) is 17.1 Å². The average Bonchev–Trinajstić information content (AvgIpc) is 2.47. The minimum Gasteiger partial charge on any atom is -0.490 e. The van der Waals surface area contributed by atoms with E-state index < -0.39 is 0 Å². The summed E-state index contributed by atoms with van der Waals surface area (Å²) in [6.45, 7) is 0.922. The summed E-state index contributed by atoms with van der Waals surface area (Å²) < 4.78 is 11.1. The number of anilines is 1. The zero-order valence-corrected chi connectivity index (χ0v) is 11.1. The van der Waals surface area contributed by atoms with Gasteiger partial charge in [0.15, 0.2) is 0 Å². The SMILES string of the molecule is N#CCc1ccc(OCCOc2ccc(N)cc2)cc1. The van der Waals surface area contributed by atoms with Gasteiger partial charge in [-0.2, -0.15) is 5.26 Å². The molecular formula is C16H16N2O2. The Morgan fingerprint density at radius 2 is 1.35 bits per heavy atom. The zero-order chi connectivity index (χ0) is 14.2. The van der Waals surface area contributed by atoms with Crippen LogP contribution in [0.3, 0.4) is 0 Å². The van der Waals surface area contributed by atoms with Crippen molar-refractivity contribution in [1.82, 2.24) is 0 Å². The molecule has 0 aliphatic carbocycles. The van der Waals surface area contributed by atoms with Crippen LogP contribution in [0.2, 0.25) is 0 Å². The molecule has 0 amide bonds. The van der Waals surface area contributed by atoms with Crippen molar-refractivity contribution in [2.45, 2.75) is 6.42 Å². The van der Waals surface area contributed by atoms with E-state index in [1.165, 1.54) is 0 Å². The molecule has 0 atom stereocenters. The number of nitrogens with zero attached hydrogens (tertiary/aromatic N) is 1. The monoisotopic (exact) mass is 268 g/mol. The molecule has 102 valence electrons. The van der Waals surface area contributed by atoms with Crippen LogP contribution in [0.15, 0.2) is 48.5 Å². The Morgan fingerprint density at radius 3 is 1.85 bits per heavy atom. The van der Waals surface area contributed by atoms with Crippen molar-refractivity contribution >= 4 is 5.69 Å². The van der Waals surface area contributed by atoms with E-state index in [9.17, 15) is 0 Å². The molecule has 0 aliphatic heterocycles. The van der Waals surface area contributed by atoms with Crippen molar-refractivity contribution < 1.29 is 9.47 Å². The highest BCUT2D eigenvalue weighted by atomic mass is 16.5. The fraction of sp³-hybridized carbons (Fsp3) is 0.188. The second kappa shape index (κ2) is 7.05. The van der Waals surface area contributed by atoms with Gasteiger partial charge in [0.1, 0.15) is 24.7 Å². The fourth-order valence-electron chi connectivity index (χ4n) is 1.68. The summed E-state index contributed by atoms with van der Waals surface area (Å²) >= 11 is 0. The molecular weight excluding hydrogens is 252 g/mol. The number of nitrogens with two attached hydrogens (primary N) is 1. The summed E-state index contributed by atoms with van der Waals surface area (Å²) in [7, 11) is 0. The fourth-order valence-corrected chi connectivity index (χ4v) is 1.68. The maximum absolute atomic E-state index is 8.58. The predicted octanol–water partition coefficient (Wildman–Crippen LogP) is 2.79. The van der Waals surface area contributed by atoms with Gasteiger partial charge in [-0.05, 0) is 42.0 Å². The zero-order valence-electron chi connectivity index (χ0n) is 11.1. The Bertz CT molecular complexity index is 571. The Balaban J connectivity index is 1.73. The Hall–Kier alpha value is -2.67. The van der Waals surface area contributed by atoms with Crippen LogP contribution < -0.4 is 15.2 Å². The first kappa shape index (κ1) is 13.8. The van der Waals surface area contributed by atoms with E-state index in [4.69, 9.17) is 20.5 Å². The molecule has 0 saturated carbocycles. The van der Waals surface area contributed by atoms with Crippen LogP contribution in [0, 0.1) is 11.3 Å². The molecule has 0 fully saturated rings. The van der Waals surface area contributed by atoms with Gasteiger partial charge in [0.25, 0.3) is 0 Å². The third-order valence-electron chi connectivity index (χ3n) is 2.71. The third kappa shape index (κ3) is 4.21. The van der Waals surface area contributed by atoms with E-state index in [1.54, 1.807) is 12.1 Å². The van der Waals surface area contributed by atoms with Gasteiger partial charge in [-0.3, -0.25) is 0 Å². The minimum absolute atomic E-state index is 0.417. The van der Waals surface area contributed by atoms with Gasteiger partial charge in [0.05, 0.1) is 12.5 Å². The molecule has 0 aliphatic rings. The highest BCUT2D eigenvalue weighted by molar-refractivity contribution is 5.41. The number of hydrogen-bond acceptors (Lipinski definition) is 4. The number of hydrogen-bond donors (Lipinski definition) is 1. The summed E-state index contributed by atoms with van der Waals surface area (Å²) in [6, 6.07) is 16.8. The molecule has 0 aromatic heterocycles. The molecule has 0 bridgehead atoms.